The van der Waals surface area contributed by atoms with Gasteiger partial charge in [-0.1, -0.05) is 129 Å². The molecule has 0 aliphatic carbocycles. The maximum atomic E-state index is 14.3. The summed E-state index contributed by atoms with van der Waals surface area (Å²) in [7, 11) is 2.59. The zero-order chi connectivity index (χ0) is 92.3. The minimum absolute atomic E-state index is 0.00328. The Bertz CT molecular complexity index is 5370. The monoisotopic (exact) mass is 1770 g/mol. The number of hydrogen-bond donors (Lipinski definition) is 9. The van der Waals surface area contributed by atoms with E-state index in [1.165, 1.54) is 136 Å². The average molecular weight is 1770 g/mol. The number of carboxylic acid groups (broad SMARTS) is 2. The van der Waals surface area contributed by atoms with Gasteiger partial charge in [-0.2, -0.15) is 0 Å². The van der Waals surface area contributed by atoms with Gasteiger partial charge in [0.2, 0.25) is 0 Å². The van der Waals surface area contributed by atoms with Crippen LogP contribution in [0.3, 0.4) is 0 Å². The molecule has 36 heteroatoms. The van der Waals surface area contributed by atoms with Crippen molar-refractivity contribution >= 4 is 116 Å². The maximum Gasteiger partial charge on any atom is 0.341 e. The summed E-state index contributed by atoms with van der Waals surface area (Å²) in [4.78, 5) is 98.1. The van der Waals surface area contributed by atoms with Crippen molar-refractivity contribution in [1.29, 1.82) is 0 Å². The Kier molecular flexibility index (Phi) is 35.7. The maximum absolute atomic E-state index is 14.3. The Morgan fingerprint density at radius 3 is 0.805 bits per heavy atom. The molecule has 8 aromatic heterocycles. The standard InChI is InChI=1S/2C21H20ClFN4O2.2C20H18ClFN4O2.C3H9NO.CH3F.CH4O/c2*1-21(2,3)15-11-25-18(13-9-12(22)5-6-16(13)23)27-19(15)26-17-7-8-24-10-14(17)20(28)29-4;2*1-20(2,3)14-10-24-17(12-8-11(21)4-5-15(12)22)26-18(14)25-16-6-7-23-9-13(16)19(27)28;1-3(5)2-4;2*1-2/h2*5-11H,1-4H3,(H,24,25,26,27);2*4-10H,1-3H3,(H,27,28)(H,23,24,25,26);3,5H,2,4H2,1H3;1H3;2H,1H3/t;;;;3-;;/m....0../s1/i;;;;;1D;. The molecule has 123 heavy (non-hydrogen) atoms. The summed E-state index contributed by atoms with van der Waals surface area (Å²) in [5.74, 6) is -3.01. The average Bonchev–Trinajstić information content (AvgIpc) is 0.802. The van der Waals surface area contributed by atoms with Crippen molar-refractivity contribution in [3.05, 3.63) is 259 Å². The number of hydrogen-bond acceptors (Lipinski definition) is 25. The van der Waals surface area contributed by atoms with Gasteiger partial charge in [0.25, 0.3) is 0 Å². The number of aliphatic hydroxyl groups is 2. The third-order valence-corrected chi connectivity index (χ3v) is 17.9. The number of benzene rings is 4. The van der Waals surface area contributed by atoms with E-state index in [9.17, 15) is 51.3 Å². The molecule has 10 N–H and O–H groups in total. The van der Waals surface area contributed by atoms with Crippen molar-refractivity contribution in [2.24, 2.45) is 5.73 Å². The molecule has 648 valence electrons. The van der Waals surface area contributed by atoms with Gasteiger partial charge in [0.05, 0.1) is 73.9 Å². The molecule has 8 heterocycles. The Morgan fingerprint density at radius 2 is 0.618 bits per heavy atom. The summed E-state index contributed by atoms with van der Waals surface area (Å²) in [5.41, 5.74) is 9.43. The molecule has 0 bridgehead atoms. The number of carbonyl (C=O) groups excluding carboxylic acids is 2. The first kappa shape index (κ1) is 97.7. The Labute approximate surface area is 729 Å². The third kappa shape index (κ3) is 27.8. The van der Waals surface area contributed by atoms with Gasteiger partial charge >= 0.3 is 23.9 Å². The molecule has 1 atom stereocenters. The zero-order valence-corrected chi connectivity index (χ0v) is 72.8. The van der Waals surface area contributed by atoms with Crippen LogP contribution in [-0.4, -0.2) is 145 Å². The van der Waals surface area contributed by atoms with E-state index in [0.717, 1.165) is 29.4 Å². The van der Waals surface area contributed by atoms with Crippen LogP contribution in [0.4, 0.5) is 68.0 Å². The quantitative estimate of drug-likeness (QED) is 0.0302. The largest absolute Gasteiger partial charge is 0.478 e. The molecule has 4 aromatic carbocycles. The predicted molar refractivity (Wildman–Crippen MR) is 467 cm³/mol. The highest BCUT2D eigenvalue weighted by Crippen LogP contribution is 2.39. The normalized spacial score (nSPS) is 11.3. The van der Waals surface area contributed by atoms with Gasteiger partial charge in [-0.05, 0) is 126 Å². The number of rotatable bonds is 17. The van der Waals surface area contributed by atoms with Crippen LogP contribution in [0.15, 0.2) is 171 Å². The van der Waals surface area contributed by atoms with Crippen LogP contribution in [-0.2, 0) is 31.1 Å². The van der Waals surface area contributed by atoms with Gasteiger partial charge in [0.15, 0.2) is 23.3 Å². The molecule has 0 spiro atoms. The van der Waals surface area contributed by atoms with Crippen molar-refractivity contribution in [2.45, 2.75) is 118 Å². The lowest BCUT2D eigenvalue weighted by molar-refractivity contribution is 0.0592. The van der Waals surface area contributed by atoms with Gasteiger partial charge in [-0.3, -0.25) is 24.3 Å². The summed E-state index contributed by atoms with van der Waals surface area (Å²) in [6.07, 6.45) is 17.5. The van der Waals surface area contributed by atoms with Gasteiger partial charge in [-0.15, -0.1) is 0 Å². The van der Waals surface area contributed by atoms with Crippen molar-refractivity contribution in [3.63, 3.8) is 0 Å². The summed E-state index contributed by atoms with van der Waals surface area (Å²) in [6, 6.07) is 23.0. The Morgan fingerprint density at radius 1 is 0.415 bits per heavy atom. The Hall–Kier alpha value is -12.4. The van der Waals surface area contributed by atoms with Crippen molar-refractivity contribution in [2.75, 3.05) is 56.3 Å². The molecule has 0 aliphatic heterocycles. The molecule has 12 aromatic rings. The number of aliphatic hydroxyl groups excluding tert-OH is 2. The highest BCUT2D eigenvalue weighted by atomic mass is 35.5. The number of methoxy groups -OCH3 is 2. The first-order chi connectivity index (χ1) is 58.4. The van der Waals surface area contributed by atoms with Crippen molar-refractivity contribution < 1.29 is 72.4 Å². The molecular weight excluding hydrogens is 1680 g/mol. The lowest BCUT2D eigenvalue weighted by Gasteiger charge is -2.23. The van der Waals surface area contributed by atoms with Crippen molar-refractivity contribution in [3.8, 4) is 45.6 Å². The number of aromatic nitrogens is 12. The number of carbonyl (C=O) groups is 4. The minimum atomic E-state index is -1.12. The molecule has 27 nitrogen and oxygen atoms in total. The van der Waals surface area contributed by atoms with Crippen molar-refractivity contribution in [1.82, 2.24) is 59.8 Å². The molecule has 0 fully saturated rings. The van der Waals surface area contributed by atoms with E-state index in [2.05, 4.69) is 81.1 Å². The number of alkyl halides is 1. The molecule has 0 saturated carbocycles. The van der Waals surface area contributed by atoms with Crippen LogP contribution in [0.1, 0.15) is 155 Å². The molecular formula is C87H92Cl4F5N17O10. The van der Waals surface area contributed by atoms with E-state index in [1.54, 1.807) is 56.2 Å². The second kappa shape index (κ2) is 44.9. The van der Waals surface area contributed by atoms with Gasteiger partial charge in [-0.25, -0.2) is 76.6 Å². The molecule has 12 rings (SSSR count). The number of halogens is 9. The molecule has 0 saturated heterocycles. The van der Waals surface area contributed by atoms with Crippen LogP contribution >= 0.6 is 46.4 Å². The first-order valence-electron chi connectivity index (χ1n) is 37.6. The molecule has 0 unspecified atom stereocenters. The smallest absolute Gasteiger partial charge is 0.341 e. The molecule has 0 amide bonds. The highest BCUT2D eigenvalue weighted by Gasteiger charge is 2.29. The second-order valence-corrected chi connectivity index (χ2v) is 31.9. The van der Waals surface area contributed by atoms with Crippen LogP contribution in [0, 0.1) is 23.3 Å². The van der Waals surface area contributed by atoms with Crippen LogP contribution < -0.4 is 27.0 Å². The third-order valence-electron chi connectivity index (χ3n) is 17.0. The lowest BCUT2D eigenvalue weighted by atomic mass is 9.88. The fourth-order valence-electron chi connectivity index (χ4n) is 10.7. The number of nitrogens with one attached hydrogen (secondary N) is 4. The van der Waals surface area contributed by atoms with Gasteiger partial charge in [0, 0.05) is 130 Å². The number of carboxylic acids is 2. The summed E-state index contributed by atoms with van der Waals surface area (Å²) in [6.45, 7) is 25.9. The van der Waals surface area contributed by atoms with E-state index in [-0.39, 0.29) is 95.6 Å². The summed E-state index contributed by atoms with van der Waals surface area (Å²) in [5, 5.41) is 47.9. The fourth-order valence-corrected chi connectivity index (χ4v) is 11.4. The van der Waals surface area contributed by atoms with E-state index in [0.29, 0.717) is 72.7 Å². The summed E-state index contributed by atoms with van der Waals surface area (Å²) < 4.78 is 82.4. The van der Waals surface area contributed by atoms with E-state index in [1.807, 2.05) is 83.1 Å². The van der Waals surface area contributed by atoms with E-state index in [4.69, 9.17) is 73.2 Å². The number of anilines is 8. The number of esters is 2. The van der Waals surface area contributed by atoms with E-state index < -0.39 is 54.3 Å². The van der Waals surface area contributed by atoms with Crippen LogP contribution in [0.5, 0.6) is 0 Å². The SMILES string of the molecule is CC(C)(C)c1cnc(-c2cc(Cl)ccc2F)nc1Nc1ccncc1C(=O)O.CC(C)(C)c1cnc(-c2cc(Cl)ccc2F)nc1Nc1ccncc1C(=O)O.CO.COC(=O)c1cnccc1Nc1nc(-c2cc(Cl)ccc2F)ncc1C(C)(C)C.COC(=O)c1cnccc1Nc1nc(-c2cc(Cl)ccc2F)ncc1C(C)(C)C.C[C@H](O)CN.[2H]CF. The lowest BCUT2D eigenvalue weighted by Crippen LogP contribution is -2.17. The topological polar surface area (TPSA) is 396 Å². The number of nitrogens with two attached hydrogens (primary N) is 1. The number of nitrogens with zero attached hydrogens (tertiary/aromatic N) is 12. The van der Waals surface area contributed by atoms with Crippen LogP contribution in [0.2, 0.25) is 20.1 Å². The summed E-state index contributed by atoms with van der Waals surface area (Å²) >= 11 is 24.0. The van der Waals surface area contributed by atoms with E-state index >= 15 is 0 Å². The number of aromatic carboxylic acids is 2. The van der Waals surface area contributed by atoms with Gasteiger partial charge < -0.3 is 56.9 Å². The highest BCUT2D eigenvalue weighted by molar-refractivity contribution is 6.32. The number of pyridine rings is 4. The number of ether oxygens (including phenoxy) is 2. The van der Waals surface area contributed by atoms with Crippen LogP contribution in [0.25, 0.3) is 45.6 Å². The fraction of sp³-hybridized carbons (Fsp3) is 0.264. The predicted octanol–water partition coefficient (Wildman–Crippen LogP) is 20.0. The first-order valence-corrected chi connectivity index (χ1v) is 38.4. The molecule has 0 aliphatic rings. The zero-order valence-electron chi connectivity index (χ0n) is 70.7. The Balaban J connectivity index is 0.000000246. The van der Waals surface area contributed by atoms with Gasteiger partial charge in [0.1, 0.15) is 68.8 Å². The molecule has 0 radical (unpaired) electrons. The minimum Gasteiger partial charge on any atom is -0.478 e. The second-order valence-electron chi connectivity index (χ2n) is 30.2.